The Labute approximate surface area is 616 Å². The van der Waals surface area contributed by atoms with E-state index in [1.807, 2.05) is 14.2 Å². The van der Waals surface area contributed by atoms with Crippen molar-refractivity contribution in [2.75, 3.05) is 28.4 Å². The molecule has 0 heterocycles. The van der Waals surface area contributed by atoms with Crippen molar-refractivity contribution in [2.45, 2.75) is 269 Å². The monoisotopic (exact) mass is 1420 g/mol. The third-order valence-electron chi connectivity index (χ3n) is 31.4. The van der Waals surface area contributed by atoms with Gasteiger partial charge in [-0.2, -0.15) is 0 Å². The Kier molecular flexibility index (Phi) is 21.3. The second-order valence-electron chi connectivity index (χ2n) is 38.1. The molecule has 14 nitrogen and oxygen atoms in total. The minimum atomic E-state index is -1.20. The summed E-state index contributed by atoms with van der Waals surface area (Å²) < 4.78 is 47.4. The molecule has 0 saturated heterocycles. The van der Waals surface area contributed by atoms with Gasteiger partial charge in [-0.3, -0.25) is 19.2 Å². The van der Waals surface area contributed by atoms with Gasteiger partial charge in [0.15, 0.2) is 23.0 Å². The first kappa shape index (κ1) is 76.9. The lowest BCUT2D eigenvalue weighted by molar-refractivity contribution is -0.178. The molecule has 0 amide bonds. The van der Waals surface area contributed by atoms with Gasteiger partial charge >= 0.3 is 23.9 Å². The minimum absolute atomic E-state index is 0.0763. The van der Waals surface area contributed by atoms with E-state index in [0.29, 0.717) is 70.7 Å². The average molecular weight is 1420 g/mol. The lowest BCUT2D eigenvalue weighted by Gasteiger charge is -2.64. The Bertz CT molecular complexity index is 3700. The van der Waals surface area contributed by atoms with Gasteiger partial charge in [-0.15, -0.1) is 0 Å². The zero-order valence-corrected chi connectivity index (χ0v) is 65.9. The maximum absolute atomic E-state index is 13.7. The number of carbonyl (C=O) groups excluding carboxylic acids is 4. The molecule has 103 heavy (non-hydrogen) atoms. The summed E-state index contributed by atoms with van der Waals surface area (Å²) in [7, 11) is 6.71. The van der Waals surface area contributed by atoms with E-state index < -0.39 is 42.8 Å². The third kappa shape index (κ3) is 13.9. The van der Waals surface area contributed by atoms with E-state index in [2.05, 4.69) is 109 Å². The number of hydrogen-bond donors (Lipinski definition) is 2. The largest absolute Gasteiger partial charge is 0.508 e. The number of benzene rings is 2. The topological polar surface area (TPSA) is 183 Å². The molecule has 0 spiro atoms. The van der Waals surface area contributed by atoms with Crippen molar-refractivity contribution < 1.29 is 67.3 Å². The van der Waals surface area contributed by atoms with Crippen LogP contribution in [0.1, 0.15) is 249 Å². The second kappa shape index (κ2) is 28.5. The van der Waals surface area contributed by atoms with Gasteiger partial charge in [-0.05, 0) is 267 Å². The number of ether oxygens (including phenoxy) is 8. The summed E-state index contributed by atoms with van der Waals surface area (Å²) in [6.07, 6.45) is 32.6. The molecule has 8 saturated carbocycles. The molecule has 2 N–H and O–H groups in total. The Balaban J connectivity index is 0.593. The molecular formula is C89H126O14. The fourth-order valence-electron chi connectivity index (χ4n) is 26.5. The van der Waals surface area contributed by atoms with Crippen molar-refractivity contribution >= 4 is 36.0 Å². The van der Waals surface area contributed by atoms with E-state index in [4.69, 9.17) is 37.9 Å². The molecule has 0 bridgehead atoms. The van der Waals surface area contributed by atoms with Crippen molar-refractivity contribution in [1.29, 1.82) is 0 Å². The maximum Gasteiger partial charge on any atom is 0.322 e. The standard InChI is InChI=1S/C89H126O14/c1-80(2)68-35-41-84(9)52-56-23-31-66-82(5,6)74(39-43-86(66,11)60(56)27-33-70(84)88(68,13)45-37-72(80)98-17)102-78(94)50-76(92)100-62-29-21-54(47-64(62)96-15)19-25-58(90)49-59(91)26-20-55-22-30-63(65(48-55)97-16)101-77(93)51-79(95)103-75-40-44-87(12)61-28-34-71-85(10,53-57(61)24-32-67(87)83(75,7)8)42-36-69-81(3,4)73(99-18)38-46-89(69,71)14/h19-26,29-30,47-49,58,60-61,66-75,90-91H,27-28,31-46,50-53H2,1-18H3/b25-19+,26-20+,59-49-/t58?,60-,61-,66-,67-,68-,69-,70+,71+,72+,73+,74-,75-,84+,85+,86+,87+,88-,89-/m1/s1. The van der Waals surface area contributed by atoms with Crippen molar-refractivity contribution in [3.8, 4) is 23.0 Å². The molecule has 0 radical (unpaired) electrons. The van der Waals surface area contributed by atoms with Crippen LogP contribution in [0.2, 0.25) is 0 Å². The molecular weight excluding hydrogens is 1290 g/mol. The van der Waals surface area contributed by atoms with Crippen LogP contribution in [0.15, 0.2) is 83.7 Å². The summed E-state index contributed by atoms with van der Waals surface area (Å²) in [5.74, 6) is 2.07. The van der Waals surface area contributed by atoms with Gasteiger partial charge < -0.3 is 48.1 Å². The highest BCUT2D eigenvalue weighted by Gasteiger charge is 2.66. The van der Waals surface area contributed by atoms with Gasteiger partial charge in [0.1, 0.15) is 30.8 Å². The number of esters is 4. The molecule has 2 aromatic rings. The number of fused-ring (bicyclic) bond motifs is 12. The highest BCUT2D eigenvalue weighted by Crippen LogP contribution is 2.73. The summed E-state index contributed by atoms with van der Waals surface area (Å²) in [6, 6.07) is 9.78. The van der Waals surface area contributed by atoms with E-state index in [0.717, 1.165) is 51.4 Å². The van der Waals surface area contributed by atoms with Gasteiger partial charge in [0, 0.05) is 25.0 Å². The summed E-state index contributed by atoms with van der Waals surface area (Å²) in [4.78, 5) is 54.2. The van der Waals surface area contributed by atoms with Crippen LogP contribution in [-0.2, 0) is 38.1 Å². The quantitative estimate of drug-likeness (QED) is 0.0381. The van der Waals surface area contributed by atoms with Gasteiger partial charge in [-0.1, -0.05) is 151 Å². The number of aliphatic hydroxyl groups excluding tert-OH is 2. The van der Waals surface area contributed by atoms with E-state index in [9.17, 15) is 29.4 Å². The van der Waals surface area contributed by atoms with Gasteiger partial charge in [0.2, 0.25) is 0 Å². The Morgan fingerprint density at radius 3 is 1.24 bits per heavy atom. The normalized spacial score (nSPS) is 38.6. The van der Waals surface area contributed by atoms with E-state index in [1.54, 1.807) is 59.7 Å². The Hall–Kier alpha value is -5.70. The summed E-state index contributed by atoms with van der Waals surface area (Å²) in [6.45, 7) is 34.5. The molecule has 0 aliphatic heterocycles. The first-order valence-electron chi connectivity index (χ1n) is 39.5. The zero-order chi connectivity index (χ0) is 74.4. The molecule has 10 aliphatic rings. The minimum Gasteiger partial charge on any atom is -0.508 e. The lowest BCUT2D eigenvalue weighted by atomic mass is 9.42. The first-order valence-corrected chi connectivity index (χ1v) is 39.5. The second-order valence-corrected chi connectivity index (χ2v) is 38.1. The number of allylic oxidation sites excluding steroid dienone is 5. The first-order chi connectivity index (χ1) is 48.4. The summed E-state index contributed by atoms with van der Waals surface area (Å²) in [5, 5.41) is 21.8. The fourth-order valence-corrected chi connectivity index (χ4v) is 26.5. The van der Waals surface area contributed by atoms with Crippen LogP contribution in [0.4, 0.5) is 0 Å². The number of hydrogen-bond acceptors (Lipinski definition) is 14. The molecule has 19 atom stereocenters. The molecule has 2 aromatic carbocycles. The predicted octanol–water partition coefficient (Wildman–Crippen LogP) is 19.5. The number of carbonyl (C=O) groups is 4. The van der Waals surface area contributed by atoms with Crippen LogP contribution in [0.25, 0.3) is 12.2 Å². The molecule has 1 unspecified atom stereocenters. The zero-order valence-electron chi connectivity index (χ0n) is 65.9. The van der Waals surface area contributed by atoms with Gasteiger partial charge in [0.25, 0.3) is 0 Å². The van der Waals surface area contributed by atoms with Gasteiger partial charge in [-0.25, -0.2) is 0 Å². The van der Waals surface area contributed by atoms with Crippen molar-refractivity contribution in [2.24, 2.45) is 101 Å². The molecule has 8 fully saturated rings. The van der Waals surface area contributed by atoms with Crippen LogP contribution >= 0.6 is 0 Å². The highest BCUT2D eigenvalue weighted by atomic mass is 16.6. The molecule has 10 aliphatic carbocycles. The van der Waals surface area contributed by atoms with Crippen LogP contribution in [0.3, 0.4) is 0 Å². The summed E-state index contributed by atoms with van der Waals surface area (Å²) >= 11 is 0. The number of rotatable bonds is 17. The predicted molar refractivity (Wildman–Crippen MR) is 403 cm³/mol. The van der Waals surface area contributed by atoms with E-state index in [-0.39, 0.29) is 95.1 Å². The SMILES string of the molecule is COc1cc(/C=C/C(O)=C/C(O)/C=C/c2ccc(OC(=O)CC(=O)O[C@@H]3CC[C@@]4(C)[C@@H]5CC[C@H]6[C@@](C)(CC[C@@H]7C(C)(C)[C@@H](OC)CC[C@]76C)CC5=CC[C@@H]4C3(C)C)c(OC)c2)ccc1OC(=O)CC(=O)O[C@@H]1CC[C@@]2(C)[C@@H]3CC[C@H]4[C@@](C)(CC[C@@H]5C(C)(C)[C@@H](OC)CC[C@]54C)CC3=CC[C@@H]2C1(C)C. The van der Waals surface area contributed by atoms with Gasteiger partial charge in [0.05, 0.1) is 32.5 Å². The summed E-state index contributed by atoms with van der Waals surface area (Å²) in [5.41, 5.74) is 5.51. The molecule has 0 aromatic heterocycles. The third-order valence-corrected chi connectivity index (χ3v) is 31.4. The fraction of sp³-hybridized carbons (Fsp3) is 0.708. The Morgan fingerprint density at radius 2 is 0.835 bits per heavy atom. The van der Waals surface area contributed by atoms with Crippen molar-refractivity contribution in [3.05, 3.63) is 94.8 Å². The lowest BCUT2D eigenvalue weighted by Crippen LogP contribution is -2.58. The van der Waals surface area contributed by atoms with Crippen molar-refractivity contribution in [1.82, 2.24) is 0 Å². The van der Waals surface area contributed by atoms with E-state index in [1.165, 1.54) is 109 Å². The van der Waals surface area contributed by atoms with Crippen LogP contribution in [0.5, 0.6) is 23.0 Å². The highest BCUT2D eigenvalue weighted by molar-refractivity contribution is 5.93. The maximum atomic E-state index is 13.7. The smallest absolute Gasteiger partial charge is 0.322 e. The van der Waals surface area contributed by atoms with Crippen LogP contribution in [-0.4, -0.2) is 93.0 Å². The van der Waals surface area contributed by atoms with Crippen molar-refractivity contribution in [3.63, 3.8) is 0 Å². The molecule has 566 valence electrons. The number of methoxy groups -OCH3 is 4. The molecule has 14 heteroatoms. The van der Waals surface area contributed by atoms with Crippen LogP contribution in [0, 0.1) is 101 Å². The Morgan fingerprint density at radius 1 is 0.447 bits per heavy atom. The van der Waals surface area contributed by atoms with E-state index >= 15 is 0 Å². The number of aliphatic hydroxyl groups is 2. The molecule has 12 rings (SSSR count). The average Bonchev–Trinajstić information content (AvgIpc) is 1.67. The van der Waals surface area contributed by atoms with Crippen LogP contribution < -0.4 is 18.9 Å².